The lowest BCUT2D eigenvalue weighted by atomic mass is 9.82. The monoisotopic (exact) mass is 234 g/mol. The van der Waals surface area contributed by atoms with Gasteiger partial charge in [-0.3, -0.25) is 4.79 Å². The van der Waals surface area contributed by atoms with Crippen LogP contribution in [0.1, 0.15) is 62.5 Å². The molecule has 0 saturated heterocycles. The highest BCUT2D eigenvalue weighted by Gasteiger charge is 2.22. The van der Waals surface area contributed by atoms with Gasteiger partial charge in [0.05, 0.1) is 5.69 Å². The van der Waals surface area contributed by atoms with Crippen LogP contribution in [0.5, 0.6) is 0 Å². The van der Waals surface area contributed by atoms with E-state index in [0.29, 0.717) is 5.92 Å². The Morgan fingerprint density at radius 3 is 2.53 bits per heavy atom. The van der Waals surface area contributed by atoms with Crippen LogP contribution in [0.4, 0.5) is 0 Å². The lowest BCUT2D eigenvalue weighted by Gasteiger charge is -2.25. The van der Waals surface area contributed by atoms with Crippen molar-refractivity contribution in [2.75, 3.05) is 0 Å². The van der Waals surface area contributed by atoms with Crippen LogP contribution in [-0.2, 0) is 6.42 Å². The fourth-order valence-electron chi connectivity index (χ4n) is 2.67. The van der Waals surface area contributed by atoms with Gasteiger partial charge in [-0.25, -0.2) is 4.98 Å². The number of aromatic nitrogens is 2. The molecule has 0 radical (unpaired) electrons. The summed E-state index contributed by atoms with van der Waals surface area (Å²) in [6.07, 6.45) is 5.67. The Morgan fingerprint density at radius 2 is 1.94 bits per heavy atom. The summed E-state index contributed by atoms with van der Waals surface area (Å²) in [6, 6.07) is 0. The molecule has 0 spiro atoms. The molecule has 3 nitrogen and oxygen atoms in total. The third kappa shape index (κ3) is 2.59. The molecule has 1 N–H and O–H groups in total. The first-order chi connectivity index (χ1) is 8.11. The van der Waals surface area contributed by atoms with Crippen LogP contribution >= 0.6 is 0 Å². The van der Waals surface area contributed by atoms with E-state index in [0.717, 1.165) is 42.3 Å². The highest BCUT2D eigenvalue weighted by molar-refractivity contribution is 5.17. The third-order valence-electron chi connectivity index (χ3n) is 4.01. The fourth-order valence-corrected chi connectivity index (χ4v) is 2.67. The van der Waals surface area contributed by atoms with E-state index in [1.54, 1.807) is 0 Å². The first-order valence-electron chi connectivity index (χ1n) is 6.71. The van der Waals surface area contributed by atoms with Crippen LogP contribution in [0.15, 0.2) is 4.79 Å². The van der Waals surface area contributed by atoms with Gasteiger partial charge in [-0.15, -0.1) is 0 Å². The van der Waals surface area contributed by atoms with Gasteiger partial charge in [0, 0.05) is 11.5 Å². The topological polar surface area (TPSA) is 45.8 Å². The lowest BCUT2D eigenvalue weighted by Crippen LogP contribution is -2.21. The van der Waals surface area contributed by atoms with Crippen molar-refractivity contribution in [1.82, 2.24) is 9.97 Å². The zero-order valence-electron chi connectivity index (χ0n) is 11.0. The van der Waals surface area contributed by atoms with E-state index in [1.165, 1.54) is 12.8 Å². The number of aromatic amines is 1. The summed E-state index contributed by atoms with van der Waals surface area (Å²) in [5, 5.41) is 0. The minimum absolute atomic E-state index is 0.0467. The molecule has 1 heterocycles. The van der Waals surface area contributed by atoms with Gasteiger partial charge in [0.15, 0.2) is 0 Å². The molecule has 0 aliphatic heterocycles. The Hall–Kier alpha value is -1.12. The molecule has 2 rings (SSSR count). The Morgan fingerprint density at radius 1 is 1.29 bits per heavy atom. The Balaban J connectivity index is 2.27. The van der Waals surface area contributed by atoms with E-state index >= 15 is 0 Å². The van der Waals surface area contributed by atoms with E-state index in [1.807, 2.05) is 6.92 Å². The summed E-state index contributed by atoms with van der Waals surface area (Å²) in [6.45, 7) is 6.22. The maximum absolute atomic E-state index is 11.8. The Labute approximate surface area is 103 Å². The first-order valence-corrected chi connectivity index (χ1v) is 6.71. The molecule has 0 unspecified atom stereocenters. The maximum atomic E-state index is 11.8. The van der Waals surface area contributed by atoms with Gasteiger partial charge in [0.25, 0.3) is 5.56 Å². The number of nitrogens with zero attached hydrogens (tertiary/aromatic N) is 1. The van der Waals surface area contributed by atoms with Gasteiger partial charge in [-0.1, -0.05) is 26.7 Å². The highest BCUT2D eigenvalue weighted by atomic mass is 16.1. The molecule has 94 valence electrons. The Bertz CT molecular complexity index is 442. The second-order valence-electron chi connectivity index (χ2n) is 5.33. The zero-order chi connectivity index (χ0) is 12.4. The summed E-state index contributed by atoms with van der Waals surface area (Å²) < 4.78 is 0. The second-order valence-corrected chi connectivity index (χ2v) is 5.33. The van der Waals surface area contributed by atoms with Gasteiger partial charge in [-0.05, 0) is 32.1 Å². The number of hydrogen-bond acceptors (Lipinski definition) is 2. The molecular formula is C14H22N2O. The molecular weight excluding hydrogens is 212 g/mol. The molecule has 1 aliphatic rings. The predicted octanol–water partition coefficient (Wildman–Crippen LogP) is 2.93. The Kier molecular flexibility index (Phi) is 3.65. The second kappa shape index (κ2) is 5.03. The average Bonchev–Trinajstić information content (AvgIpc) is 2.33. The quantitative estimate of drug-likeness (QED) is 0.855. The van der Waals surface area contributed by atoms with E-state index in [-0.39, 0.29) is 5.56 Å². The van der Waals surface area contributed by atoms with Gasteiger partial charge >= 0.3 is 0 Å². The maximum Gasteiger partial charge on any atom is 0.254 e. The third-order valence-corrected chi connectivity index (χ3v) is 4.01. The molecule has 1 saturated carbocycles. The molecule has 0 bridgehead atoms. The molecule has 0 atom stereocenters. The summed E-state index contributed by atoms with van der Waals surface area (Å²) in [7, 11) is 0. The van der Waals surface area contributed by atoms with Crippen LogP contribution in [0.3, 0.4) is 0 Å². The molecule has 1 aromatic heterocycles. The molecule has 0 aromatic carbocycles. The smallest absolute Gasteiger partial charge is 0.254 e. The summed E-state index contributed by atoms with van der Waals surface area (Å²) in [5.41, 5.74) is 1.79. The average molecular weight is 234 g/mol. The van der Waals surface area contributed by atoms with Gasteiger partial charge < -0.3 is 4.98 Å². The van der Waals surface area contributed by atoms with E-state index < -0.39 is 0 Å². The van der Waals surface area contributed by atoms with Crippen molar-refractivity contribution in [2.24, 2.45) is 5.92 Å². The normalized spacial score (nSPS) is 24.9. The minimum atomic E-state index is 0.0467. The molecule has 1 aromatic rings. The lowest BCUT2D eigenvalue weighted by molar-refractivity contribution is 0.339. The van der Waals surface area contributed by atoms with Crippen LogP contribution in [-0.4, -0.2) is 9.97 Å². The van der Waals surface area contributed by atoms with E-state index in [2.05, 4.69) is 23.8 Å². The van der Waals surface area contributed by atoms with Crippen molar-refractivity contribution in [2.45, 2.75) is 58.8 Å². The largest absolute Gasteiger partial charge is 0.310 e. The van der Waals surface area contributed by atoms with Crippen molar-refractivity contribution in [3.63, 3.8) is 0 Å². The predicted molar refractivity (Wildman–Crippen MR) is 69.3 cm³/mol. The molecule has 1 aliphatic carbocycles. The van der Waals surface area contributed by atoms with Crippen molar-refractivity contribution < 1.29 is 0 Å². The first kappa shape index (κ1) is 12.3. The van der Waals surface area contributed by atoms with Gasteiger partial charge in [0.2, 0.25) is 0 Å². The fraction of sp³-hybridized carbons (Fsp3) is 0.714. The standard InChI is InChI=1S/C14H22N2O/c1-4-12-10(3)14(17)16-13(15-12)11-7-5-9(2)6-8-11/h9,11H,4-8H2,1-3H3,(H,15,16,17). The number of nitrogens with one attached hydrogen (secondary N) is 1. The number of rotatable bonds is 2. The van der Waals surface area contributed by atoms with E-state index in [4.69, 9.17) is 0 Å². The van der Waals surface area contributed by atoms with Crippen molar-refractivity contribution in [3.8, 4) is 0 Å². The molecule has 0 amide bonds. The van der Waals surface area contributed by atoms with Gasteiger partial charge in [0.1, 0.15) is 5.82 Å². The number of hydrogen-bond donors (Lipinski definition) is 1. The van der Waals surface area contributed by atoms with Crippen molar-refractivity contribution in [1.29, 1.82) is 0 Å². The van der Waals surface area contributed by atoms with Crippen LogP contribution in [0, 0.1) is 12.8 Å². The zero-order valence-corrected chi connectivity index (χ0v) is 11.0. The van der Waals surface area contributed by atoms with Crippen LogP contribution in [0.2, 0.25) is 0 Å². The molecule has 1 fully saturated rings. The SMILES string of the molecule is CCc1nc(C2CCC(C)CC2)[nH]c(=O)c1C. The summed E-state index contributed by atoms with van der Waals surface area (Å²) in [5.74, 6) is 2.21. The summed E-state index contributed by atoms with van der Waals surface area (Å²) in [4.78, 5) is 19.4. The highest BCUT2D eigenvalue weighted by Crippen LogP contribution is 2.33. The van der Waals surface area contributed by atoms with Crippen LogP contribution < -0.4 is 5.56 Å². The van der Waals surface area contributed by atoms with Crippen LogP contribution in [0.25, 0.3) is 0 Å². The molecule has 17 heavy (non-hydrogen) atoms. The van der Waals surface area contributed by atoms with Gasteiger partial charge in [-0.2, -0.15) is 0 Å². The van der Waals surface area contributed by atoms with Crippen molar-refractivity contribution in [3.05, 3.63) is 27.4 Å². The van der Waals surface area contributed by atoms with Crippen molar-refractivity contribution >= 4 is 0 Å². The number of H-pyrrole nitrogens is 1. The minimum Gasteiger partial charge on any atom is -0.310 e. The van der Waals surface area contributed by atoms with E-state index in [9.17, 15) is 4.79 Å². The number of aryl methyl sites for hydroxylation is 1. The summed E-state index contributed by atoms with van der Waals surface area (Å²) >= 11 is 0. The molecule has 3 heteroatoms.